The second-order valence-corrected chi connectivity index (χ2v) is 6.99. The Morgan fingerprint density at radius 2 is 2.29 bits per heavy atom. The minimum absolute atomic E-state index is 0.213. The molecule has 1 atom stereocenters. The van der Waals surface area contributed by atoms with E-state index < -0.39 is 10.0 Å². The number of piperidine rings is 1. The second kappa shape index (κ2) is 6.40. The third-order valence-corrected chi connectivity index (χ3v) is 4.72. The molecule has 0 saturated carbocycles. The summed E-state index contributed by atoms with van der Waals surface area (Å²) in [5, 5.41) is 2.76. The molecule has 1 unspecified atom stereocenters. The van der Waals surface area contributed by atoms with Crippen LogP contribution in [0.3, 0.4) is 0 Å². The normalized spacial score (nSPS) is 20.0. The first-order chi connectivity index (χ1) is 9.91. The van der Waals surface area contributed by atoms with Gasteiger partial charge in [-0.3, -0.25) is 4.79 Å². The number of sulfonamides is 1. The van der Waals surface area contributed by atoms with Crippen molar-refractivity contribution in [2.75, 3.05) is 31.8 Å². The molecule has 2 heterocycles. The minimum atomic E-state index is -3.26. The largest absolute Gasteiger partial charge is 0.480 e. The smallest absolute Gasteiger partial charge is 0.237 e. The predicted octanol–water partition coefficient (Wildman–Crippen LogP) is 0.700. The van der Waals surface area contributed by atoms with E-state index in [-0.39, 0.29) is 18.4 Å². The van der Waals surface area contributed by atoms with E-state index in [0.29, 0.717) is 31.0 Å². The number of anilines is 1. The molecule has 0 aromatic carbocycles. The fourth-order valence-electron chi connectivity index (χ4n) is 2.34. The Bertz CT molecular complexity index is 618. The van der Waals surface area contributed by atoms with E-state index in [4.69, 9.17) is 4.74 Å². The Labute approximate surface area is 124 Å². The maximum absolute atomic E-state index is 12.3. The van der Waals surface area contributed by atoms with E-state index in [1.54, 1.807) is 18.3 Å². The number of methoxy groups -OCH3 is 1. The van der Waals surface area contributed by atoms with Crippen molar-refractivity contribution in [1.82, 2.24) is 9.29 Å². The van der Waals surface area contributed by atoms with Crippen molar-refractivity contribution in [3.8, 4) is 5.88 Å². The molecule has 0 bridgehead atoms. The summed E-state index contributed by atoms with van der Waals surface area (Å²) in [6.07, 6.45) is 4.08. The number of carbonyl (C=O) groups is 1. The van der Waals surface area contributed by atoms with Crippen LogP contribution in [0.1, 0.15) is 12.8 Å². The summed E-state index contributed by atoms with van der Waals surface area (Å²) in [5.74, 6) is -0.241. The Kier molecular flexibility index (Phi) is 4.79. The summed E-state index contributed by atoms with van der Waals surface area (Å²) in [7, 11) is -1.79. The third kappa shape index (κ3) is 3.92. The van der Waals surface area contributed by atoms with Gasteiger partial charge in [0.1, 0.15) is 5.69 Å². The first kappa shape index (κ1) is 15.7. The summed E-state index contributed by atoms with van der Waals surface area (Å²) < 4.78 is 29.6. The molecule has 1 saturated heterocycles. The molecule has 1 aliphatic rings. The van der Waals surface area contributed by atoms with Crippen LogP contribution in [-0.4, -0.2) is 50.1 Å². The van der Waals surface area contributed by atoms with Crippen LogP contribution >= 0.6 is 0 Å². The van der Waals surface area contributed by atoms with Gasteiger partial charge in [0, 0.05) is 19.3 Å². The van der Waals surface area contributed by atoms with Crippen molar-refractivity contribution in [1.29, 1.82) is 0 Å². The number of hydrogen-bond donors (Lipinski definition) is 1. The molecule has 1 aliphatic heterocycles. The highest BCUT2D eigenvalue weighted by Crippen LogP contribution is 2.24. The van der Waals surface area contributed by atoms with Gasteiger partial charge >= 0.3 is 0 Å². The predicted molar refractivity (Wildman–Crippen MR) is 78.6 cm³/mol. The zero-order valence-corrected chi connectivity index (χ0v) is 12.9. The van der Waals surface area contributed by atoms with E-state index in [9.17, 15) is 13.2 Å². The molecule has 2 rings (SSSR count). The molecule has 1 aromatic heterocycles. The van der Waals surface area contributed by atoms with Gasteiger partial charge in [-0.2, -0.15) is 0 Å². The maximum Gasteiger partial charge on any atom is 0.237 e. The lowest BCUT2D eigenvalue weighted by atomic mass is 9.99. The molecular weight excluding hydrogens is 294 g/mol. The third-order valence-electron chi connectivity index (χ3n) is 3.45. The quantitative estimate of drug-likeness (QED) is 0.884. The lowest BCUT2D eigenvalue weighted by Gasteiger charge is -2.30. The number of nitrogens with one attached hydrogen (secondary N) is 1. The summed E-state index contributed by atoms with van der Waals surface area (Å²) in [6, 6.07) is 3.39. The summed E-state index contributed by atoms with van der Waals surface area (Å²) in [5.41, 5.74) is 0.487. The number of amides is 1. The maximum atomic E-state index is 12.3. The standard InChI is InChI=1S/C13H19N3O4S/c1-20-13-11(6-3-7-14-13)15-12(17)10-5-4-8-16(9-10)21(2,18)19/h3,6-7,10H,4-5,8-9H2,1-2H3,(H,15,17). The molecule has 1 fully saturated rings. The van der Waals surface area contributed by atoms with Gasteiger partial charge in [0.25, 0.3) is 0 Å². The van der Waals surface area contributed by atoms with Crippen LogP contribution in [0.15, 0.2) is 18.3 Å². The molecule has 0 spiro atoms. The van der Waals surface area contributed by atoms with Gasteiger partial charge in [-0.1, -0.05) is 0 Å². The van der Waals surface area contributed by atoms with Crippen LogP contribution in [0.5, 0.6) is 5.88 Å². The topological polar surface area (TPSA) is 88.6 Å². The van der Waals surface area contributed by atoms with E-state index in [0.717, 1.165) is 6.26 Å². The van der Waals surface area contributed by atoms with Gasteiger partial charge in [0.05, 0.1) is 19.3 Å². The van der Waals surface area contributed by atoms with Crippen molar-refractivity contribution in [2.24, 2.45) is 5.92 Å². The molecule has 0 radical (unpaired) electrons. The molecule has 116 valence electrons. The number of carbonyl (C=O) groups excluding carboxylic acids is 1. The highest BCUT2D eigenvalue weighted by Gasteiger charge is 2.30. The zero-order valence-electron chi connectivity index (χ0n) is 12.1. The van der Waals surface area contributed by atoms with E-state index >= 15 is 0 Å². The fourth-order valence-corrected chi connectivity index (χ4v) is 3.25. The summed E-state index contributed by atoms with van der Waals surface area (Å²) in [4.78, 5) is 16.3. The zero-order chi connectivity index (χ0) is 15.5. The van der Waals surface area contributed by atoms with E-state index in [2.05, 4.69) is 10.3 Å². The van der Waals surface area contributed by atoms with Gasteiger partial charge < -0.3 is 10.1 Å². The number of nitrogens with zero attached hydrogens (tertiary/aromatic N) is 2. The van der Waals surface area contributed by atoms with Crippen LogP contribution in [0, 0.1) is 5.92 Å². The number of rotatable bonds is 4. The lowest BCUT2D eigenvalue weighted by molar-refractivity contribution is -0.120. The minimum Gasteiger partial charge on any atom is -0.480 e. The van der Waals surface area contributed by atoms with Crippen molar-refractivity contribution in [2.45, 2.75) is 12.8 Å². The highest BCUT2D eigenvalue weighted by atomic mass is 32.2. The van der Waals surface area contributed by atoms with Crippen LogP contribution in [0.25, 0.3) is 0 Å². The van der Waals surface area contributed by atoms with Crippen molar-refractivity contribution in [3.05, 3.63) is 18.3 Å². The van der Waals surface area contributed by atoms with Gasteiger partial charge in [-0.25, -0.2) is 17.7 Å². The number of pyridine rings is 1. The average Bonchev–Trinajstić information content (AvgIpc) is 2.47. The molecule has 8 heteroatoms. The first-order valence-electron chi connectivity index (χ1n) is 6.67. The molecule has 1 aromatic rings. The molecular formula is C13H19N3O4S. The molecule has 7 nitrogen and oxygen atoms in total. The van der Waals surface area contributed by atoms with Crippen molar-refractivity contribution < 1.29 is 17.9 Å². The molecule has 0 aliphatic carbocycles. The van der Waals surface area contributed by atoms with Crippen molar-refractivity contribution >= 4 is 21.6 Å². The van der Waals surface area contributed by atoms with E-state index in [1.807, 2.05) is 0 Å². The van der Waals surface area contributed by atoms with Crippen LogP contribution in [0.4, 0.5) is 5.69 Å². The van der Waals surface area contributed by atoms with Gasteiger partial charge in [0.15, 0.2) is 0 Å². The van der Waals surface area contributed by atoms with Crippen LogP contribution in [-0.2, 0) is 14.8 Å². The van der Waals surface area contributed by atoms with Crippen molar-refractivity contribution in [3.63, 3.8) is 0 Å². The summed E-state index contributed by atoms with van der Waals surface area (Å²) in [6.45, 7) is 0.687. The number of aromatic nitrogens is 1. The fraction of sp³-hybridized carbons (Fsp3) is 0.538. The van der Waals surface area contributed by atoms with E-state index in [1.165, 1.54) is 11.4 Å². The number of ether oxygens (including phenoxy) is 1. The lowest BCUT2D eigenvalue weighted by Crippen LogP contribution is -2.43. The first-order valence-corrected chi connectivity index (χ1v) is 8.51. The van der Waals surface area contributed by atoms with Gasteiger partial charge in [-0.05, 0) is 25.0 Å². The Morgan fingerprint density at radius 3 is 2.95 bits per heavy atom. The monoisotopic (exact) mass is 313 g/mol. The molecule has 21 heavy (non-hydrogen) atoms. The SMILES string of the molecule is COc1ncccc1NC(=O)C1CCCN(S(C)(=O)=O)C1. The van der Waals surface area contributed by atoms with Crippen LogP contribution in [0.2, 0.25) is 0 Å². The van der Waals surface area contributed by atoms with Gasteiger partial charge in [0.2, 0.25) is 21.8 Å². The summed E-state index contributed by atoms with van der Waals surface area (Å²) >= 11 is 0. The Balaban J connectivity index is 2.06. The second-order valence-electron chi connectivity index (χ2n) is 5.01. The Morgan fingerprint density at radius 1 is 1.52 bits per heavy atom. The molecule has 1 amide bonds. The average molecular weight is 313 g/mol. The number of hydrogen-bond acceptors (Lipinski definition) is 5. The van der Waals surface area contributed by atoms with Crippen LogP contribution < -0.4 is 10.1 Å². The Hall–Kier alpha value is -1.67. The molecule has 1 N–H and O–H groups in total. The highest BCUT2D eigenvalue weighted by molar-refractivity contribution is 7.88. The van der Waals surface area contributed by atoms with Gasteiger partial charge in [-0.15, -0.1) is 0 Å².